The van der Waals surface area contributed by atoms with E-state index in [4.69, 9.17) is 28.3 Å². The summed E-state index contributed by atoms with van der Waals surface area (Å²) in [6.45, 7) is 9.72. The first-order valence-electron chi connectivity index (χ1n) is 11.1. The zero-order chi connectivity index (χ0) is 23.5. The van der Waals surface area contributed by atoms with Gasteiger partial charge >= 0.3 is 16.4 Å². The number of hydrogen-bond acceptors (Lipinski definition) is 7. The molecule has 0 atom stereocenters. The maximum atomic E-state index is 13.0. The van der Waals surface area contributed by atoms with Gasteiger partial charge in [-0.15, -0.1) is 0 Å². The van der Waals surface area contributed by atoms with Crippen molar-refractivity contribution in [2.45, 2.75) is 79.1 Å². The summed E-state index contributed by atoms with van der Waals surface area (Å²) in [4.78, 5) is 21.7. The van der Waals surface area contributed by atoms with E-state index in [9.17, 15) is 4.57 Å². The molecule has 3 N–H and O–H groups in total. The van der Waals surface area contributed by atoms with E-state index in [2.05, 4.69) is 27.7 Å². The van der Waals surface area contributed by atoms with E-state index in [-0.39, 0.29) is 0 Å². The molecule has 31 heavy (non-hydrogen) atoms. The fraction of sp³-hybridized carbons (Fsp3) is 0.727. The van der Waals surface area contributed by atoms with Gasteiger partial charge in [-0.05, 0) is 36.8 Å². The maximum absolute atomic E-state index is 13.0. The van der Waals surface area contributed by atoms with Gasteiger partial charge in [0, 0.05) is 0 Å². The van der Waals surface area contributed by atoms with Crippen molar-refractivity contribution in [1.29, 1.82) is 0 Å². The van der Waals surface area contributed by atoms with Crippen molar-refractivity contribution >= 4 is 16.4 Å². The lowest BCUT2D eigenvalue weighted by Crippen LogP contribution is -2.05. The Labute approximate surface area is 189 Å². The zero-order valence-electron chi connectivity index (χ0n) is 19.5. The smallest absolute Gasteiger partial charge is 0.404 e. The van der Waals surface area contributed by atoms with Crippen molar-refractivity contribution in [3.05, 3.63) is 30.3 Å². The number of unbranched alkanes of at least 4 members (excludes halogenated alkanes) is 4. The van der Waals surface area contributed by atoms with Crippen LogP contribution in [0.1, 0.15) is 79.1 Å². The van der Waals surface area contributed by atoms with Crippen LogP contribution in [-0.2, 0) is 13.6 Å². The molecule has 0 aliphatic heterocycles. The molecule has 7 nitrogen and oxygen atoms in total. The molecular weight excluding hydrogens is 438 g/mol. The quantitative estimate of drug-likeness (QED) is 0.176. The van der Waals surface area contributed by atoms with Crippen molar-refractivity contribution in [2.24, 2.45) is 11.8 Å². The zero-order valence-corrected chi connectivity index (χ0v) is 21.3. The molecule has 1 rings (SSSR count). The van der Waals surface area contributed by atoms with Gasteiger partial charge in [-0.25, -0.2) is 4.57 Å². The van der Waals surface area contributed by atoms with Crippen LogP contribution in [0.4, 0.5) is 0 Å². The summed E-state index contributed by atoms with van der Waals surface area (Å²) in [5.41, 5.74) is 0. The fourth-order valence-electron chi connectivity index (χ4n) is 2.72. The molecule has 0 fully saturated rings. The van der Waals surface area contributed by atoms with E-state index >= 15 is 0 Å². The van der Waals surface area contributed by atoms with Gasteiger partial charge in [-0.2, -0.15) is 0 Å². The molecule has 0 saturated carbocycles. The molecule has 0 aliphatic carbocycles. The predicted octanol–water partition coefficient (Wildman–Crippen LogP) is 6.83. The SMILES string of the molecule is CC(C)CCCCCOP(=O)(OCCCCCC(C)C)Oc1ccccc1.OP(O)O. The minimum absolute atomic E-state index is 0.398. The van der Waals surface area contributed by atoms with Crippen molar-refractivity contribution < 1.29 is 32.8 Å². The highest BCUT2D eigenvalue weighted by Gasteiger charge is 2.28. The van der Waals surface area contributed by atoms with E-state index in [1.807, 2.05) is 18.2 Å². The Morgan fingerprint density at radius 3 is 1.58 bits per heavy atom. The van der Waals surface area contributed by atoms with E-state index in [0.29, 0.717) is 19.0 Å². The largest absolute Gasteiger partial charge is 0.530 e. The lowest BCUT2D eigenvalue weighted by Gasteiger charge is -2.18. The van der Waals surface area contributed by atoms with Gasteiger partial charge in [0.1, 0.15) is 5.75 Å². The average molecular weight is 481 g/mol. The normalized spacial score (nSPS) is 11.7. The Balaban J connectivity index is 0.00000206. The molecule has 1 aromatic carbocycles. The maximum Gasteiger partial charge on any atom is 0.530 e. The van der Waals surface area contributed by atoms with Crippen LogP contribution in [0, 0.1) is 11.8 Å². The highest BCUT2D eigenvalue weighted by atomic mass is 31.2. The van der Waals surface area contributed by atoms with Gasteiger partial charge in [0.2, 0.25) is 0 Å². The van der Waals surface area contributed by atoms with Gasteiger partial charge < -0.3 is 19.2 Å². The molecule has 1 aromatic rings. The Morgan fingerprint density at radius 2 is 1.19 bits per heavy atom. The third-order valence-corrected chi connectivity index (χ3v) is 5.74. The van der Waals surface area contributed by atoms with Crippen LogP contribution in [0.2, 0.25) is 0 Å². The summed E-state index contributed by atoms with van der Waals surface area (Å²) in [7, 11) is -6.20. The average Bonchev–Trinajstić information content (AvgIpc) is 2.67. The number of hydrogen-bond donors (Lipinski definition) is 3. The molecule has 0 saturated heterocycles. The second-order valence-electron chi connectivity index (χ2n) is 8.27. The topological polar surface area (TPSA) is 105 Å². The Bertz CT molecular complexity index is 541. The van der Waals surface area contributed by atoms with Crippen LogP contribution in [0.25, 0.3) is 0 Å². The number of benzene rings is 1. The van der Waals surface area contributed by atoms with Crippen LogP contribution >= 0.6 is 16.4 Å². The van der Waals surface area contributed by atoms with Crippen LogP contribution in [0.5, 0.6) is 5.75 Å². The van der Waals surface area contributed by atoms with Gasteiger partial charge in [0.25, 0.3) is 0 Å². The van der Waals surface area contributed by atoms with Crippen LogP contribution in [0.3, 0.4) is 0 Å². The molecule has 0 aliphatic rings. The standard InChI is InChI=1S/C22H39O4P.H3O3P/c1-20(2)14-8-6-12-18-24-27(23,26-22-16-10-5-11-17-22)25-19-13-7-9-15-21(3)4;1-4(2)3/h5,10-11,16-17,20-21H,6-9,12-15,18-19H2,1-4H3;1-3H. The second-order valence-corrected chi connectivity index (χ2v) is 10.4. The van der Waals surface area contributed by atoms with Crippen molar-refractivity contribution in [3.63, 3.8) is 0 Å². The summed E-state index contributed by atoms with van der Waals surface area (Å²) in [6.07, 6.45) is 8.63. The van der Waals surface area contributed by atoms with Gasteiger partial charge in [-0.1, -0.05) is 84.4 Å². The second kappa shape index (κ2) is 19.0. The highest BCUT2D eigenvalue weighted by molar-refractivity contribution is 7.48. The molecule has 182 valence electrons. The van der Waals surface area contributed by atoms with Gasteiger partial charge in [0.15, 0.2) is 0 Å². The van der Waals surface area contributed by atoms with Crippen molar-refractivity contribution in [1.82, 2.24) is 0 Å². The molecule has 0 radical (unpaired) electrons. The number of phosphoric ester groups is 1. The molecule has 0 aromatic heterocycles. The predicted molar refractivity (Wildman–Crippen MR) is 127 cm³/mol. The molecule has 0 heterocycles. The molecule has 0 amide bonds. The highest BCUT2D eigenvalue weighted by Crippen LogP contribution is 2.49. The first-order valence-corrected chi connectivity index (χ1v) is 13.8. The van der Waals surface area contributed by atoms with Crippen molar-refractivity contribution in [2.75, 3.05) is 13.2 Å². The van der Waals surface area contributed by atoms with E-state index in [1.54, 1.807) is 12.1 Å². The number of phosphoric acid groups is 1. The third kappa shape index (κ3) is 21.1. The fourth-order valence-corrected chi connectivity index (χ4v) is 3.98. The first kappa shape index (κ1) is 30.5. The van der Waals surface area contributed by atoms with E-state index in [0.717, 1.165) is 37.5 Å². The monoisotopic (exact) mass is 480 g/mol. The van der Waals surface area contributed by atoms with Crippen molar-refractivity contribution in [3.8, 4) is 5.75 Å². The Morgan fingerprint density at radius 1 is 0.774 bits per heavy atom. The third-order valence-electron chi connectivity index (χ3n) is 4.31. The van der Waals surface area contributed by atoms with Crippen LogP contribution < -0.4 is 4.52 Å². The summed E-state index contributed by atoms with van der Waals surface area (Å²) in [6, 6.07) is 9.12. The Hall–Kier alpha value is -0.520. The molecular formula is C22H42O7P2. The van der Waals surface area contributed by atoms with Crippen LogP contribution in [0.15, 0.2) is 30.3 Å². The summed E-state index contributed by atoms with van der Waals surface area (Å²) in [5, 5.41) is 0. The minimum atomic E-state index is -3.58. The molecule has 0 unspecified atom stereocenters. The summed E-state index contributed by atoms with van der Waals surface area (Å²) in [5.74, 6) is 1.95. The van der Waals surface area contributed by atoms with Crippen LogP contribution in [-0.4, -0.2) is 27.9 Å². The Kier molecular flexibility index (Phi) is 18.7. The first-order chi connectivity index (χ1) is 14.6. The van der Waals surface area contributed by atoms with Gasteiger partial charge in [-0.3, -0.25) is 9.05 Å². The lowest BCUT2D eigenvalue weighted by atomic mass is 10.1. The van der Waals surface area contributed by atoms with E-state index in [1.165, 1.54) is 25.7 Å². The van der Waals surface area contributed by atoms with Gasteiger partial charge in [0.05, 0.1) is 13.2 Å². The molecule has 0 spiro atoms. The lowest BCUT2D eigenvalue weighted by molar-refractivity contribution is 0.150. The minimum Gasteiger partial charge on any atom is -0.404 e. The number of rotatable bonds is 16. The molecule has 9 heteroatoms. The summed E-state index contributed by atoms with van der Waals surface area (Å²) < 4.78 is 29.8. The molecule has 0 bridgehead atoms. The van der Waals surface area contributed by atoms with E-state index < -0.39 is 16.4 Å². The summed E-state index contributed by atoms with van der Waals surface area (Å²) >= 11 is 0. The number of para-hydroxylation sites is 1.